The number of carbonyl (C=O) groups excluding carboxylic acids is 1. The molecule has 1 amide bonds. The Balaban J connectivity index is 1.74. The molecular weight excluding hydrogens is 268 g/mol. The number of amides is 1. The van der Waals surface area contributed by atoms with Crippen LogP contribution in [0.4, 0.5) is 0 Å². The number of aliphatic hydroxyl groups is 1. The van der Waals surface area contributed by atoms with Crippen molar-refractivity contribution in [2.45, 2.75) is 32.1 Å². The Morgan fingerprint density at radius 3 is 2.67 bits per heavy atom. The van der Waals surface area contributed by atoms with E-state index in [-0.39, 0.29) is 17.4 Å². The van der Waals surface area contributed by atoms with E-state index in [1.165, 1.54) is 0 Å². The maximum Gasteiger partial charge on any atom is 0.229 e. The summed E-state index contributed by atoms with van der Waals surface area (Å²) >= 11 is 0. The summed E-state index contributed by atoms with van der Waals surface area (Å²) in [7, 11) is 2.12. The maximum atomic E-state index is 13.2. The molecule has 3 rings (SSSR count). The van der Waals surface area contributed by atoms with Gasteiger partial charge in [0.15, 0.2) is 0 Å². The number of nitrogens with zero attached hydrogens (tertiary/aromatic N) is 2. The van der Waals surface area contributed by atoms with Crippen LogP contribution in [0, 0.1) is 10.8 Å². The fraction of sp³-hybridized carbons (Fsp3) is 0.938. The number of aliphatic hydroxyl groups excluding tert-OH is 1. The lowest BCUT2D eigenvalue weighted by molar-refractivity contribution is -0.140. The molecular formula is C16H28N2O3. The standard InChI is InChI=1S/C16H28N2O3/c1-17-6-2-7-18(9-8-17)14(20)16(3-10-19)13-15(16)4-11-21-12-5-15/h19H,2-13H2,1H3. The lowest BCUT2D eigenvalue weighted by Crippen LogP contribution is -2.43. The van der Waals surface area contributed by atoms with E-state index < -0.39 is 0 Å². The molecule has 0 aromatic heterocycles. The first kappa shape index (κ1) is 15.3. The van der Waals surface area contributed by atoms with Gasteiger partial charge in [-0.05, 0) is 51.1 Å². The van der Waals surface area contributed by atoms with Gasteiger partial charge in [0.05, 0.1) is 5.41 Å². The summed E-state index contributed by atoms with van der Waals surface area (Å²) in [6.07, 6.45) is 4.58. The molecule has 5 heteroatoms. The number of rotatable bonds is 3. The second-order valence-electron chi connectivity index (χ2n) is 7.07. The molecule has 2 heterocycles. The van der Waals surface area contributed by atoms with Crippen LogP contribution in [-0.2, 0) is 9.53 Å². The molecule has 3 aliphatic rings. The molecule has 1 unspecified atom stereocenters. The van der Waals surface area contributed by atoms with Gasteiger partial charge in [-0.1, -0.05) is 0 Å². The van der Waals surface area contributed by atoms with Crippen LogP contribution in [0.25, 0.3) is 0 Å². The number of hydrogen-bond acceptors (Lipinski definition) is 4. The summed E-state index contributed by atoms with van der Waals surface area (Å²) in [5, 5.41) is 9.49. The van der Waals surface area contributed by atoms with Gasteiger partial charge in [-0.15, -0.1) is 0 Å². The first-order chi connectivity index (χ1) is 10.1. The highest BCUT2D eigenvalue weighted by molar-refractivity contribution is 5.87. The van der Waals surface area contributed by atoms with Crippen molar-refractivity contribution in [3.05, 3.63) is 0 Å². The average molecular weight is 296 g/mol. The first-order valence-corrected chi connectivity index (χ1v) is 8.30. The van der Waals surface area contributed by atoms with E-state index in [1.807, 2.05) is 0 Å². The summed E-state index contributed by atoms with van der Waals surface area (Å²) < 4.78 is 5.48. The fourth-order valence-corrected chi connectivity index (χ4v) is 4.46. The van der Waals surface area contributed by atoms with Crippen molar-refractivity contribution >= 4 is 5.91 Å². The van der Waals surface area contributed by atoms with Gasteiger partial charge in [-0.2, -0.15) is 0 Å². The minimum Gasteiger partial charge on any atom is -0.396 e. The van der Waals surface area contributed by atoms with Crippen LogP contribution in [0.2, 0.25) is 0 Å². The molecule has 0 bridgehead atoms. The Morgan fingerprint density at radius 2 is 1.95 bits per heavy atom. The Morgan fingerprint density at radius 1 is 1.19 bits per heavy atom. The summed E-state index contributed by atoms with van der Waals surface area (Å²) in [6, 6.07) is 0. The lowest BCUT2D eigenvalue weighted by Gasteiger charge is -2.32. The van der Waals surface area contributed by atoms with Crippen LogP contribution in [0.3, 0.4) is 0 Å². The van der Waals surface area contributed by atoms with Gasteiger partial charge >= 0.3 is 0 Å². The Labute approximate surface area is 127 Å². The fourth-order valence-electron chi connectivity index (χ4n) is 4.46. The van der Waals surface area contributed by atoms with Crippen molar-refractivity contribution in [1.82, 2.24) is 9.80 Å². The molecule has 0 aromatic carbocycles. The number of likely N-dealkylation sites (N-methyl/N-ethyl adjacent to an activating group) is 1. The first-order valence-electron chi connectivity index (χ1n) is 8.30. The van der Waals surface area contributed by atoms with Gasteiger partial charge < -0.3 is 19.6 Å². The molecule has 120 valence electrons. The highest BCUT2D eigenvalue weighted by Gasteiger charge is 2.71. The summed E-state index contributed by atoms with van der Waals surface area (Å²) in [5.41, 5.74) is -0.183. The molecule has 3 fully saturated rings. The van der Waals surface area contributed by atoms with Gasteiger partial charge in [-0.25, -0.2) is 0 Å². The molecule has 1 aliphatic carbocycles. The van der Waals surface area contributed by atoms with E-state index in [4.69, 9.17) is 4.74 Å². The lowest BCUT2D eigenvalue weighted by atomic mass is 9.83. The quantitative estimate of drug-likeness (QED) is 0.834. The zero-order valence-corrected chi connectivity index (χ0v) is 13.1. The highest BCUT2D eigenvalue weighted by Crippen LogP contribution is 2.71. The molecule has 5 nitrogen and oxygen atoms in total. The van der Waals surface area contributed by atoms with Crippen LogP contribution in [0.1, 0.15) is 32.1 Å². The van der Waals surface area contributed by atoms with E-state index >= 15 is 0 Å². The minimum absolute atomic E-state index is 0.113. The third-order valence-electron chi connectivity index (χ3n) is 5.93. The Kier molecular flexibility index (Phi) is 4.26. The van der Waals surface area contributed by atoms with Crippen LogP contribution in [-0.4, -0.2) is 73.9 Å². The molecule has 0 aromatic rings. The second kappa shape index (κ2) is 5.86. The van der Waals surface area contributed by atoms with Gasteiger partial charge in [0.1, 0.15) is 0 Å². The topological polar surface area (TPSA) is 53.0 Å². The van der Waals surface area contributed by atoms with Crippen molar-refractivity contribution in [1.29, 1.82) is 0 Å². The molecule has 1 atom stereocenters. The molecule has 1 spiro atoms. The third-order valence-corrected chi connectivity index (χ3v) is 5.93. The maximum absolute atomic E-state index is 13.2. The van der Waals surface area contributed by atoms with Gasteiger partial charge in [0, 0.05) is 39.5 Å². The highest BCUT2D eigenvalue weighted by atomic mass is 16.5. The monoisotopic (exact) mass is 296 g/mol. The van der Waals surface area contributed by atoms with E-state index in [9.17, 15) is 9.90 Å². The largest absolute Gasteiger partial charge is 0.396 e. The van der Waals surface area contributed by atoms with Crippen LogP contribution in [0.15, 0.2) is 0 Å². The van der Waals surface area contributed by atoms with Crippen LogP contribution < -0.4 is 0 Å². The normalized spacial score (nSPS) is 33.0. The Hall–Kier alpha value is -0.650. The van der Waals surface area contributed by atoms with Crippen LogP contribution >= 0.6 is 0 Å². The van der Waals surface area contributed by atoms with E-state index in [0.29, 0.717) is 12.3 Å². The van der Waals surface area contributed by atoms with Crippen molar-refractivity contribution in [2.75, 3.05) is 53.0 Å². The molecule has 1 N–H and O–H groups in total. The van der Waals surface area contributed by atoms with Gasteiger partial charge in [0.2, 0.25) is 5.91 Å². The number of ether oxygens (including phenoxy) is 1. The summed E-state index contributed by atoms with van der Waals surface area (Å²) in [6.45, 7) is 5.36. The number of hydrogen-bond donors (Lipinski definition) is 1. The van der Waals surface area contributed by atoms with Gasteiger partial charge in [0.25, 0.3) is 0 Å². The molecule has 1 saturated carbocycles. The van der Waals surface area contributed by atoms with Crippen molar-refractivity contribution in [2.24, 2.45) is 10.8 Å². The van der Waals surface area contributed by atoms with Crippen molar-refractivity contribution in [3.8, 4) is 0 Å². The Bertz CT molecular complexity index is 395. The van der Waals surface area contributed by atoms with Gasteiger partial charge in [-0.3, -0.25) is 4.79 Å². The molecule has 2 aliphatic heterocycles. The van der Waals surface area contributed by atoms with E-state index in [1.54, 1.807) is 0 Å². The zero-order valence-electron chi connectivity index (χ0n) is 13.1. The van der Waals surface area contributed by atoms with Crippen LogP contribution in [0.5, 0.6) is 0 Å². The second-order valence-corrected chi connectivity index (χ2v) is 7.07. The third kappa shape index (κ3) is 2.60. The predicted molar refractivity (Wildman–Crippen MR) is 79.9 cm³/mol. The minimum atomic E-state index is -0.297. The van der Waals surface area contributed by atoms with Crippen molar-refractivity contribution < 1.29 is 14.6 Å². The molecule has 21 heavy (non-hydrogen) atoms. The predicted octanol–water partition coefficient (Wildman–Crippen LogP) is 0.720. The number of carbonyl (C=O) groups is 1. The van der Waals surface area contributed by atoms with E-state index in [0.717, 1.165) is 65.1 Å². The summed E-state index contributed by atoms with van der Waals surface area (Å²) in [4.78, 5) is 17.5. The molecule has 0 radical (unpaired) electrons. The SMILES string of the molecule is CN1CCCN(C(=O)C2(CCO)CC23CCOCC3)CC1. The zero-order chi connectivity index (χ0) is 14.9. The molecule has 2 saturated heterocycles. The van der Waals surface area contributed by atoms with E-state index in [2.05, 4.69) is 16.8 Å². The smallest absolute Gasteiger partial charge is 0.229 e. The van der Waals surface area contributed by atoms with Crippen molar-refractivity contribution in [3.63, 3.8) is 0 Å². The average Bonchev–Trinajstić information content (AvgIpc) is 3.15. The summed E-state index contributed by atoms with van der Waals surface area (Å²) in [5.74, 6) is 0.300.